The smallest absolute Gasteiger partial charge is 0.294 e. The van der Waals surface area contributed by atoms with Crippen molar-refractivity contribution in [2.75, 3.05) is 5.88 Å². The predicted molar refractivity (Wildman–Crippen MR) is 71.0 cm³/mol. The van der Waals surface area contributed by atoms with Crippen LogP contribution in [0.5, 0.6) is 0 Å². The number of aromatic nitrogens is 4. The van der Waals surface area contributed by atoms with Crippen molar-refractivity contribution in [2.24, 2.45) is 0 Å². The Balaban J connectivity index is 2.26. The Labute approximate surface area is 107 Å². The van der Waals surface area contributed by atoms with E-state index in [4.69, 9.17) is 11.6 Å². The number of para-hydroxylation sites is 1. The van der Waals surface area contributed by atoms with E-state index in [0.29, 0.717) is 29.9 Å². The first-order chi connectivity index (χ1) is 8.81. The summed E-state index contributed by atoms with van der Waals surface area (Å²) in [7, 11) is 0. The first-order valence-electron chi connectivity index (χ1n) is 5.71. The number of halogens is 1. The molecular weight excluding hydrogens is 252 g/mol. The fourth-order valence-corrected chi connectivity index (χ4v) is 2.13. The molecular formula is C12H11ClN4O. The van der Waals surface area contributed by atoms with Crippen LogP contribution in [-0.4, -0.2) is 25.9 Å². The molecule has 0 saturated heterocycles. The van der Waals surface area contributed by atoms with Crippen LogP contribution in [0.3, 0.4) is 0 Å². The molecule has 1 aromatic carbocycles. The van der Waals surface area contributed by atoms with E-state index >= 15 is 0 Å². The maximum Gasteiger partial charge on any atom is 0.294 e. The molecule has 0 spiro atoms. The van der Waals surface area contributed by atoms with Crippen LogP contribution < -0.4 is 5.56 Å². The Morgan fingerprint density at radius 3 is 3.00 bits per heavy atom. The van der Waals surface area contributed by atoms with E-state index in [2.05, 4.69) is 15.3 Å². The zero-order chi connectivity index (χ0) is 12.5. The first-order valence-corrected chi connectivity index (χ1v) is 6.25. The lowest BCUT2D eigenvalue weighted by Gasteiger charge is -2.00. The SMILES string of the molecule is O=c1c2[nH]c3ccccc3c2nnn1CCCCl. The van der Waals surface area contributed by atoms with E-state index in [0.717, 1.165) is 10.9 Å². The summed E-state index contributed by atoms with van der Waals surface area (Å²) < 4.78 is 1.35. The van der Waals surface area contributed by atoms with Crippen LogP contribution in [-0.2, 0) is 6.54 Å². The van der Waals surface area contributed by atoms with Crippen molar-refractivity contribution in [3.8, 4) is 0 Å². The summed E-state index contributed by atoms with van der Waals surface area (Å²) >= 11 is 5.61. The molecule has 0 saturated carbocycles. The molecule has 6 heteroatoms. The zero-order valence-electron chi connectivity index (χ0n) is 9.56. The molecule has 2 aromatic heterocycles. The summed E-state index contributed by atoms with van der Waals surface area (Å²) in [5.74, 6) is 0.499. The second kappa shape index (κ2) is 4.42. The van der Waals surface area contributed by atoms with Gasteiger partial charge >= 0.3 is 0 Å². The highest BCUT2D eigenvalue weighted by atomic mass is 35.5. The van der Waals surface area contributed by atoms with Crippen LogP contribution in [0.4, 0.5) is 0 Å². The number of aryl methyl sites for hydroxylation is 1. The molecule has 0 unspecified atom stereocenters. The third-order valence-electron chi connectivity index (χ3n) is 2.88. The molecule has 0 aliphatic heterocycles. The molecule has 0 bridgehead atoms. The average molecular weight is 263 g/mol. The van der Waals surface area contributed by atoms with E-state index in [1.807, 2.05) is 24.3 Å². The largest absolute Gasteiger partial charge is 0.349 e. The summed E-state index contributed by atoms with van der Waals surface area (Å²) in [6, 6.07) is 7.67. The third kappa shape index (κ3) is 1.67. The van der Waals surface area contributed by atoms with Gasteiger partial charge in [0.05, 0.1) is 0 Å². The van der Waals surface area contributed by atoms with Gasteiger partial charge in [-0.1, -0.05) is 23.4 Å². The number of rotatable bonds is 3. The highest BCUT2D eigenvalue weighted by Gasteiger charge is 2.10. The van der Waals surface area contributed by atoms with Crippen LogP contribution in [0.2, 0.25) is 0 Å². The third-order valence-corrected chi connectivity index (χ3v) is 3.15. The van der Waals surface area contributed by atoms with Crippen molar-refractivity contribution < 1.29 is 0 Å². The van der Waals surface area contributed by atoms with Crippen LogP contribution in [0.15, 0.2) is 29.1 Å². The number of benzene rings is 1. The van der Waals surface area contributed by atoms with Gasteiger partial charge in [-0.15, -0.1) is 16.7 Å². The van der Waals surface area contributed by atoms with Gasteiger partial charge < -0.3 is 4.98 Å². The number of H-pyrrole nitrogens is 1. The maximum absolute atomic E-state index is 12.2. The molecule has 1 N–H and O–H groups in total. The fourth-order valence-electron chi connectivity index (χ4n) is 2.01. The summed E-state index contributed by atoms with van der Waals surface area (Å²) in [5, 5.41) is 8.98. The molecule has 18 heavy (non-hydrogen) atoms. The lowest BCUT2D eigenvalue weighted by molar-refractivity contribution is 0.542. The van der Waals surface area contributed by atoms with E-state index in [9.17, 15) is 4.79 Å². The molecule has 0 aliphatic rings. The van der Waals surface area contributed by atoms with Crippen molar-refractivity contribution in [3.63, 3.8) is 0 Å². The number of nitrogens with zero attached hydrogens (tertiary/aromatic N) is 3. The van der Waals surface area contributed by atoms with Crippen LogP contribution >= 0.6 is 11.6 Å². The zero-order valence-corrected chi connectivity index (χ0v) is 10.3. The highest BCUT2D eigenvalue weighted by Crippen LogP contribution is 2.19. The number of nitrogens with one attached hydrogen (secondary N) is 1. The van der Waals surface area contributed by atoms with Gasteiger partial charge in [0.25, 0.3) is 5.56 Å². The predicted octanol–water partition coefficient (Wildman–Crippen LogP) is 1.90. The number of aromatic amines is 1. The minimum Gasteiger partial charge on any atom is -0.349 e. The van der Waals surface area contributed by atoms with Crippen molar-refractivity contribution in [3.05, 3.63) is 34.6 Å². The van der Waals surface area contributed by atoms with Crippen molar-refractivity contribution in [1.29, 1.82) is 0 Å². The van der Waals surface area contributed by atoms with Crippen LogP contribution in [0.25, 0.3) is 21.9 Å². The molecule has 0 radical (unpaired) electrons. The monoisotopic (exact) mass is 262 g/mol. The molecule has 5 nitrogen and oxygen atoms in total. The Morgan fingerprint density at radius 1 is 1.33 bits per heavy atom. The van der Waals surface area contributed by atoms with Gasteiger partial charge in [0.1, 0.15) is 11.0 Å². The lowest BCUT2D eigenvalue weighted by Crippen LogP contribution is -2.24. The van der Waals surface area contributed by atoms with Gasteiger partial charge in [-0.2, -0.15) is 0 Å². The Morgan fingerprint density at radius 2 is 2.17 bits per heavy atom. The molecule has 2 heterocycles. The van der Waals surface area contributed by atoms with E-state index in [1.54, 1.807) is 0 Å². The Kier molecular flexibility index (Phi) is 2.76. The van der Waals surface area contributed by atoms with Gasteiger partial charge in [0, 0.05) is 23.3 Å². The molecule has 3 aromatic rings. The van der Waals surface area contributed by atoms with Crippen molar-refractivity contribution in [2.45, 2.75) is 13.0 Å². The highest BCUT2D eigenvalue weighted by molar-refractivity contribution is 6.17. The molecule has 3 rings (SSSR count). The number of fused-ring (bicyclic) bond motifs is 3. The van der Waals surface area contributed by atoms with Crippen molar-refractivity contribution in [1.82, 2.24) is 20.0 Å². The topological polar surface area (TPSA) is 63.6 Å². The van der Waals surface area contributed by atoms with Gasteiger partial charge in [-0.25, -0.2) is 4.68 Å². The number of hydrogen-bond donors (Lipinski definition) is 1. The fraction of sp³-hybridized carbons (Fsp3) is 0.250. The minimum atomic E-state index is -0.152. The van der Waals surface area contributed by atoms with Gasteiger partial charge in [-0.05, 0) is 12.5 Å². The average Bonchev–Trinajstić information content (AvgIpc) is 2.78. The lowest BCUT2D eigenvalue weighted by atomic mass is 10.2. The summed E-state index contributed by atoms with van der Waals surface area (Å²) in [6.07, 6.45) is 0.696. The van der Waals surface area contributed by atoms with Crippen molar-refractivity contribution >= 4 is 33.5 Å². The van der Waals surface area contributed by atoms with Gasteiger partial charge in [0.15, 0.2) is 0 Å². The summed E-state index contributed by atoms with van der Waals surface area (Å²) in [4.78, 5) is 15.3. The number of hydrogen-bond acceptors (Lipinski definition) is 3. The normalized spacial score (nSPS) is 11.4. The van der Waals surface area contributed by atoms with E-state index in [-0.39, 0.29) is 5.56 Å². The van der Waals surface area contributed by atoms with Crippen LogP contribution in [0.1, 0.15) is 6.42 Å². The first kappa shape index (κ1) is 11.2. The Hall–Kier alpha value is -1.88. The standard InChI is InChI=1S/C12H11ClN4O/c13-6-3-7-17-12(18)11-10(15-16-17)8-4-1-2-5-9(8)14-11/h1-2,4-5,14H,3,6-7H2. The van der Waals surface area contributed by atoms with Gasteiger partial charge in [0.2, 0.25) is 0 Å². The molecule has 0 atom stereocenters. The minimum absolute atomic E-state index is 0.152. The maximum atomic E-state index is 12.2. The van der Waals surface area contributed by atoms with Gasteiger partial charge in [-0.3, -0.25) is 4.79 Å². The quantitative estimate of drug-likeness (QED) is 0.734. The van der Waals surface area contributed by atoms with E-state index < -0.39 is 0 Å². The van der Waals surface area contributed by atoms with Crippen LogP contribution in [0, 0.1) is 0 Å². The molecule has 0 fully saturated rings. The number of alkyl halides is 1. The molecule has 0 aliphatic carbocycles. The Bertz CT molecular complexity index is 761. The molecule has 92 valence electrons. The molecule has 0 amide bonds. The second-order valence-electron chi connectivity index (χ2n) is 4.05. The second-order valence-corrected chi connectivity index (χ2v) is 4.43. The van der Waals surface area contributed by atoms with E-state index in [1.165, 1.54) is 4.68 Å². The summed E-state index contributed by atoms with van der Waals surface area (Å²) in [6.45, 7) is 0.487. The summed E-state index contributed by atoms with van der Waals surface area (Å²) in [5.41, 5.74) is 1.87.